The largest absolute Gasteiger partial charge is 0.378 e. The molecule has 28 heavy (non-hydrogen) atoms. The minimum Gasteiger partial charge on any atom is -0.378 e. The fourth-order valence-corrected chi connectivity index (χ4v) is 6.23. The van der Waals surface area contributed by atoms with Crippen molar-refractivity contribution < 1.29 is 4.74 Å². The van der Waals surface area contributed by atoms with Crippen LogP contribution < -0.4 is 0 Å². The van der Waals surface area contributed by atoms with Crippen molar-refractivity contribution in [2.24, 2.45) is 17.8 Å². The summed E-state index contributed by atoms with van der Waals surface area (Å²) >= 11 is 0. The molecular weight excluding hydrogens is 340 g/mol. The summed E-state index contributed by atoms with van der Waals surface area (Å²) in [7, 11) is 1.98. The Labute approximate surface area is 177 Å². The first-order valence-electron chi connectivity index (χ1n) is 13.3. The van der Waals surface area contributed by atoms with Gasteiger partial charge in [0, 0.05) is 7.11 Å². The molecule has 1 nitrogen and oxygen atoms in total. The van der Waals surface area contributed by atoms with E-state index in [9.17, 15) is 0 Å². The van der Waals surface area contributed by atoms with E-state index in [4.69, 9.17) is 4.74 Å². The van der Waals surface area contributed by atoms with E-state index in [0.717, 1.165) is 17.8 Å². The fraction of sp³-hybridized carbons (Fsp3) is 1.00. The summed E-state index contributed by atoms with van der Waals surface area (Å²) in [6.45, 7) is 4.62. The molecule has 0 unspecified atom stereocenters. The SMILES string of the molecule is CCCCCCCC1CCC(C2CCC(CCCCCCC)(OC)CC2)CC1. The lowest BCUT2D eigenvalue weighted by Crippen LogP contribution is -2.38. The Balaban J connectivity index is 1.61. The summed E-state index contributed by atoms with van der Waals surface area (Å²) in [5.74, 6) is 3.10. The lowest BCUT2D eigenvalue weighted by atomic mass is 9.67. The molecule has 2 aliphatic carbocycles. The second kappa shape index (κ2) is 14.1. The zero-order valence-electron chi connectivity index (χ0n) is 19.8. The van der Waals surface area contributed by atoms with E-state index in [0.29, 0.717) is 0 Å². The highest BCUT2D eigenvalue weighted by Crippen LogP contribution is 2.45. The monoisotopic (exact) mass is 392 g/mol. The van der Waals surface area contributed by atoms with Crippen LogP contribution in [0.4, 0.5) is 0 Å². The van der Waals surface area contributed by atoms with Crippen LogP contribution in [0.3, 0.4) is 0 Å². The second-order valence-electron chi connectivity index (χ2n) is 10.4. The van der Waals surface area contributed by atoms with E-state index in [1.807, 2.05) is 7.11 Å². The van der Waals surface area contributed by atoms with Gasteiger partial charge >= 0.3 is 0 Å². The molecule has 0 radical (unpaired) electrons. The third kappa shape index (κ3) is 8.37. The number of hydrogen-bond acceptors (Lipinski definition) is 1. The number of ether oxygens (including phenoxy) is 1. The lowest BCUT2D eigenvalue weighted by molar-refractivity contribution is -0.0639. The lowest BCUT2D eigenvalue weighted by Gasteiger charge is -2.43. The van der Waals surface area contributed by atoms with Gasteiger partial charge < -0.3 is 4.74 Å². The third-order valence-corrected chi connectivity index (χ3v) is 8.38. The van der Waals surface area contributed by atoms with Gasteiger partial charge in [0.05, 0.1) is 5.60 Å². The molecule has 2 aliphatic rings. The summed E-state index contributed by atoms with van der Waals surface area (Å²) in [5, 5.41) is 0. The maximum atomic E-state index is 6.11. The summed E-state index contributed by atoms with van der Waals surface area (Å²) in [4.78, 5) is 0. The first-order valence-corrected chi connectivity index (χ1v) is 13.3. The zero-order valence-corrected chi connectivity index (χ0v) is 19.8. The van der Waals surface area contributed by atoms with Gasteiger partial charge in [-0.05, 0) is 62.7 Å². The molecule has 0 saturated heterocycles. The van der Waals surface area contributed by atoms with Crippen LogP contribution >= 0.6 is 0 Å². The smallest absolute Gasteiger partial charge is 0.0679 e. The zero-order chi connectivity index (χ0) is 20.1. The Morgan fingerprint density at radius 1 is 0.643 bits per heavy atom. The summed E-state index contributed by atoms with van der Waals surface area (Å²) in [5.41, 5.74) is 0.235. The molecule has 0 aliphatic heterocycles. The molecule has 2 fully saturated rings. The molecule has 1 heteroatoms. The van der Waals surface area contributed by atoms with E-state index in [-0.39, 0.29) is 5.60 Å². The van der Waals surface area contributed by atoms with Crippen molar-refractivity contribution >= 4 is 0 Å². The van der Waals surface area contributed by atoms with E-state index >= 15 is 0 Å². The molecule has 0 N–H and O–H groups in total. The highest BCUT2D eigenvalue weighted by atomic mass is 16.5. The predicted molar refractivity (Wildman–Crippen MR) is 124 cm³/mol. The van der Waals surface area contributed by atoms with Gasteiger partial charge in [-0.25, -0.2) is 0 Å². The molecular formula is C27H52O. The molecule has 0 amide bonds. The van der Waals surface area contributed by atoms with Gasteiger partial charge in [0.2, 0.25) is 0 Å². The molecule has 0 aromatic rings. The standard InChI is InChI=1S/C27H52O/c1-4-6-8-10-12-14-24-15-17-25(18-16-24)26-19-22-27(28-3,23-20-26)21-13-11-9-7-5-2/h24-26H,4-23H2,1-3H3. The van der Waals surface area contributed by atoms with Crippen LogP contribution in [-0.4, -0.2) is 12.7 Å². The van der Waals surface area contributed by atoms with Gasteiger partial charge in [0.1, 0.15) is 0 Å². The van der Waals surface area contributed by atoms with Crippen molar-refractivity contribution in [2.45, 2.75) is 148 Å². The van der Waals surface area contributed by atoms with Crippen molar-refractivity contribution in [3.05, 3.63) is 0 Å². The molecule has 0 aromatic heterocycles. The van der Waals surface area contributed by atoms with Gasteiger partial charge in [-0.15, -0.1) is 0 Å². The molecule has 2 saturated carbocycles. The summed E-state index contributed by atoms with van der Waals surface area (Å²) < 4.78 is 6.11. The van der Waals surface area contributed by atoms with Crippen LogP contribution in [0.1, 0.15) is 142 Å². The molecule has 0 spiro atoms. The van der Waals surface area contributed by atoms with Crippen molar-refractivity contribution in [3.8, 4) is 0 Å². The molecule has 0 atom stereocenters. The number of unbranched alkanes of at least 4 members (excludes halogenated alkanes) is 8. The van der Waals surface area contributed by atoms with Crippen molar-refractivity contribution in [3.63, 3.8) is 0 Å². The van der Waals surface area contributed by atoms with E-state index in [2.05, 4.69) is 13.8 Å². The Morgan fingerprint density at radius 3 is 1.75 bits per heavy atom. The quantitative estimate of drug-likeness (QED) is 0.268. The Morgan fingerprint density at radius 2 is 1.18 bits per heavy atom. The number of methoxy groups -OCH3 is 1. The molecule has 0 heterocycles. The second-order valence-corrected chi connectivity index (χ2v) is 10.4. The van der Waals surface area contributed by atoms with Gasteiger partial charge in [0.25, 0.3) is 0 Å². The predicted octanol–water partition coefficient (Wildman–Crippen LogP) is 9.09. The Bertz CT molecular complexity index is 360. The minimum absolute atomic E-state index is 0.235. The van der Waals surface area contributed by atoms with Crippen molar-refractivity contribution in [1.29, 1.82) is 0 Å². The first kappa shape index (κ1) is 24.2. The maximum absolute atomic E-state index is 6.11. The average molecular weight is 393 g/mol. The highest BCUT2D eigenvalue weighted by molar-refractivity contribution is 4.90. The first-order chi connectivity index (χ1) is 13.7. The average Bonchev–Trinajstić information content (AvgIpc) is 2.74. The number of hydrogen-bond donors (Lipinski definition) is 0. The van der Waals surface area contributed by atoms with E-state index in [1.54, 1.807) is 0 Å². The van der Waals surface area contributed by atoms with Gasteiger partial charge in [-0.3, -0.25) is 0 Å². The maximum Gasteiger partial charge on any atom is 0.0679 e. The van der Waals surface area contributed by atoms with E-state index < -0.39 is 0 Å². The molecule has 0 bridgehead atoms. The third-order valence-electron chi connectivity index (χ3n) is 8.38. The van der Waals surface area contributed by atoms with E-state index in [1.165, 1.54) is 128 Å². The van der Waals surface area contributed by atoms with Crippen LogP contribution in [0, 0.1) is 17.8 Å². The number of rotatable bonds is 14. The van der Waals surface area contributed by atoms with Crippen molar-refractivity contribution in [1.82, 2.24) is 0 Å². The van der Waals surface area contributed by atoms with Crippen LogP contribution in [0.2, 0.25) is 0 Å². The van der Waals surface area contributed by atoms with Crippen LogP contribution in [0.15, 0.2) is 0 Å². The minimum atomic E-state index is 0.235. The van der Waals surface area contributed by atoms with Gasteiger partial charge in [0.15, 0.2) is 0 Å². The van der Waals surface area contributed by atoms with Crippen LogP contribution in [0.5, 0.6) is 0 Å². The Kier molecular flexibility index (Phi) is 12.2. The Hall–Kier alpha value is -0.0400. The highest BCUT2D eigenvalue weighted by Gasteiger charge is 2.38. The van der Waals surface area contributed by atoms with Crippen LogP contribution in [-0.2, 0) is 4.74 Å². The topological polar surface area (TPSA) is 9.23 Å². The summed E-state index contributed by atoms with van der Waals surface area (Å²) in [6.07, 6.45) is 28.7. The van der Waals surface area contributed by atoms with Crippen LogP contribution in [0.25, 0.3) is 0 Å². The summed E-state index contributed by atoms with van der Waals surface area (Å²) in [6, 6.07) is 0. The normalized spacial score (nSPS) is 31.2. The fourth-order valence-electron chi connectivity index (χ4n) is 6.23. The molecule has 166 valence electrons. The van der Waals surface area contributed by atoms with Gasteiger partial charge in [-0.2, -0.15) is 0 Å². The molecule has 0 aromatic carbocycles. The molecule has 2 rings (SSSR count). The van der Waals surface area contributed by atoms with Crippen molar-refractivity contribution in [2.75, 3.05) is 7.11 Å². The van der Waals surface area contributed by atoms with Gasteiger partial charge in [-0.1, -0.05) is 97.3 Å².